The SMILES string of the molecule is CCNC(Cc1ccc(F)cc1F)c1cc(OC)ncn1. The Morgan fingerprint density at radius 2 is 2.05 bits per heavy atom. The maximum atomic E-state index is 13.8. The molecule has 0 spiro atoms. The van der Waals surface area contributed by atoms with Gasteiger partial charge in [0.05, 0.1) is 18.8 Å². The molecule has 1 N–H and O–H groups in total. The second-order valence-electron chi connectivity index (χ2n) is 4.54. The van der Waals surface area contributed by atoms with E-state index < -0.39 is 11.6 Å². The van der Waals surface area contributed by atoms with Gasteiger partial charge in [0.25, 0.3) is 0 Å². The summed E-state index contributed by atoms with van der Waals surface area (Å²) in [5, 5.41) is 3.23. The highest BCUT2D eigenvalue weighted by atomic mass is 19.1. The van der Waals surface area contributed by atoms with Gasteiger partial charge in [-0.1, -0.05) is 13.0 Å². The molecule has 0 bridgehead atoms. The Labute approximate surface area is 122 Å². The highest BCUT2D eigenvalue weighted by molar-refractivity contribution is 5.23. The average molecular weight is 293 g/mol. The Morgan fingerprint density at radius 1 is 1.24 bits per heavy atom. The van der Waals surface area contributed by atoms with Crippen molar-refractivity contribution >= 4 is 0 Å². The molecule has 1 aromatic carbocycles. The van der Waals surface area contributed by atoms with Crippen molar-refractivity contribution in [3.63, 3.8) is 0 Å². The van der Waals surface area contributed by atoms with Crippen LogP contribution in [-0.2, 0) is 6.42 Å². The molecule has 1 aromatic heterocycles. The molecule has 0 radical (unpaired) electrons. The zero-order chi connectivity index (χ0) is 15.2. The standard InChI is InChI=1S/C15H17F2N3O/c1-3-18-13(14-8-15(21-2)20-9-19-14)6-10-4-5-11(16)7-12(10)17/h4-5,7-9,13,18H,3,6H2,1-2H3. The molecule has 0 amide bonds. The van der Waals surface area contributed by atoms with Crippen molar-refractivity contribution in [1.29, 1.82) is 0 Å². The van der Waals surface area contributed by atoms with Crippen molar-refractivity contribution in [3.8, 4) is 5.88 Å². The van der Waals surface area contributed by atoms with Gasteiger partial charge in [0.1, 0.15) is 18.0 Å². The van der Waals surface area contributed by atoms with Crippen LogP contribution in [0.25, 0.3) is 0 Å². The van der Waals surface area contributed by atoms with E-state index in [2.05, 4.69) is 15.3 Å². The van der Waals surface area contributed by atoms with Crippen LogP contribution in [0.15, 0.2) is 30.6 Å². The minimum Gasteiger partial charge on any atom is -0.481 e. The fourth-order valence-corrected chi connectivity index (χ4v) is 2.09. The molecular weight excluding hydrogens is 276 g/mol. The molecule has 21 heavy (non-hydrogen) atoms. The molecule has 0 saturated carbocycles. The van der Waals surface area contributed by atoms with Crippen LogP contribution in [0.1, 0.15) is 24.2 Å². The fourth-order valence-electron chi connectivity index (χ4n) is 2.09. The lowest BCUT2D eigenvalue weighted by Crippen LogP contribution is -2.24. The lowest BCUT2D eigenvalue weighted by atomic mass is 10.0. The number of benzene rings is 1. The molecule has 6 heteroatoms. The summed E-state index contributed by atoms with van der Waals surface area (Å²) in [5.41, 5.74) is 1.13. The van der Waals surface area contributed by atoms with Crippen molar-refractivity contribution in [2.24, 2.45) is 0 Å². The first-order valence-corrected chi connectivity index (χ1v) is 6.67. The van der Waals surface area contributed by atoms with Gasteiger partial charge in [0.2, 0.25) is 5.88 Å². The number of rotatable bonds is 6. The molecule has 1 atom stereocenters. The van der Waals surface area contributed by atoms with Crippen LogP contribution in [0.2, 0.25) is 0 Å². The molecule has 0 fully saturated rings. The summed E-state index contributed by atoms with van der Waals surface area (Å²) >= 11 is 0. The zero-order valence-corrected chi connectivity index (χ0v) is 11.9. The van der Waals surface area contributed by atoms with Gasteiger partial charge >= 0.3 is 0 Å². The molecule has 0 aliphatic heterocycles. The smallest absolute Gasteiger partial charge is 0.216 e. The molecule has 2 aromatic rings. The van der Waals surface area contributed by atoms with Gasteiger partial charge in [0.15, 0.2) is 0 Å². The third-order valence-electron chi connectivity index (χ3n) is 3.12. The van der Waals surface area contributed by atoms with E-state index in [1.807, 2.05) is 6.92 Å². The van der Waals surface area contributed by atoms with E-state index in [4.69, 9.17) is 4.74 Å². The third-order valence-corrected chi connectivity index (χ3v) is 3.12. The van der Waals surface area contributed by atoms with E-state index in [1.165, 1.54) is 25.6 Å². The fraction of sp³-hybridized carbons (Fsp3) is 0.333. The van der Waals surface area contributed by atoms with E-state index in [0.717, 1.165) is 6.07 Å². The van der Waals surface area contributed by atoms with Crippen LogP contribution in [0.5, 0.6) is 5.88 Å². The predicted molar refractivity (Wildman–Crippen MR) is 75.1 cm³/mol. The maximum Gasteiger partial charge on any atom is 0.216 e. The molecule has 2 rings (SSSR count). The summed E-state index contributed by atoms with van der Waals surface area (Å²) < 4.78 is 31.8. The maximum absolute atomic E-state index is 13.8. The molecule has 0 saturated heterocycles. The number of nitrogens with zero attached hydrogens (tertiary/aromatic N) is 2. The number of halogens is 2. The van der Waals surface area contributed by atoms with Crippen LogP contribution in [0.3, 0.4) is 0 Å². The topological polar surface area (TPSA) is 47.0 Å². The van der Waals surface area contributed by atoms with Gasteiger partial charge in [-0.2, -0.15) is 0 Å². The number of ether oxygens (including phenoxy) is 1. The summed E-state index contributed by atoms with van der Waals surface area (Å²) in [6.07, 6.45) is 1.76. The summed E-state index contributed by atoms with van der Waals surface area (Å²) in [7, 11) is 1.52. The molecule has 1 heterocycles. The summed E-state index contributed by atoms with van der Waals surface area (Å²) in [6, 6.07) is 5.09. The van der Waals surface area contributed by atoms with Gasteiger partial charge < -0.3 is 10.1 Å². The molecule has 4 nitrogen and oxygen atoms in total. The number of hydrogen-bond donors (Lipinski definition) is 1. The number of hydrogen-bond acceptors (Lipinski definition) is 4. The predicted octanol–water partition coefficient (Wildman–Crippen LogP) is 2.66. The van der Waals surface area contributed by atoms with Crippen molar-refractivity contribution in [3.05, 3.63) is 53.5 Å². The first-order valence-electron chi connectivity index (χ1n) is 6.67. The lowest BCUT2D eigenvalue weighted by molar-refractivity contribution is 0.393. The first kappa shape index (κ1) is 15.3. The van der Waals surface area contributed by atoms with E-state index in [1.54, 1.807) is 6.07 Å². The average Bonchev–Trinajstić information content (AvgIpc) is 2.49. The minimum atomic E-state index is -0.583. The molecule has 0 aliphatic carbocycles. The van der Waals surface area contributed by atoms with Crippen LogP contribution in [0.4, 0.5) is 8.78 Å². The number of aromatic nitrogens is 2. The highest BCUT2D eigenvalue weighted by Gasteiger charge is 2.16. The number of nitrogens with one attached hydrogen (secondary N) is 1. The second kappa shape index (κ2) is 7.08. The Kier molecular flexibility index (Phi) is 5.16. The van der Waals surface area contributed by atoms with Gasteiger partial charge in [-0.3, -0.25) is 0 Å². The first-order chi connectivity index (χ1) is 10.1. The minimum absolute atomic E-state index is 0.202. The van der Waals surface area contributed by atoms with Crippen molar-refractivity contribution in [2.75, 3.05) is 13.7 Å². The summed E-state index contributed by atoms with van der Waals surface area (Å²) in [5.74, 6) is -0.693. The second-order valence-corrected chi connectivity index (χ2v) is 4.54. The van der Waals surface area contributed by atoms with Crippen molar-refractivity contribution in [1.82, 2.24) is 15.3 Å². The molecule has 1 unspecified atom stereocenters. The van der Waals surface area contributed by atoms with E-state index in [0.29, 0.717) is 30.1 Å². The van der Waals surface area contributed by atoms with Gasteiger partial charge in [0, 0.05) is 12.1 Å². The molecule has 0 aliphatic rings. The zero-order valence-electron chi connectivity index (χ0n) is 11.9. The summed E-state index contributed by atoms with van der Waals surface area (Å²) in [4.78, 5) is 8.15. The molecular formula is C15H17F2N3O. The number of likely N-dealkylation sites (N-methyl/N-ethyl adjacent to an activating group) is 1. The van der Waals surface area contributed by atoms with E-state index in [9.17, 15) is 8.78 Å². The lowest BCUT2D eigenvalue weighted by Gasteiger charge is -2.18. The van der Waals surface area contributed by atoms with E-state index in [-0.39, 0.29) is 6.04 Å². The Hall–Kier alpha value is -2.08. The van der Waals surface area contributed by atoms with Crippen molar-refractivity contribution < 1.29 is 13.5 Å². The Balaban J connectivity index is 2.25. The summed E-state index contributed by atoms with van der Waals surface area (Å²) in [6.45, 7) is 2.65. The van der Waals surface area contributed by atoms with Gasteiger partial charge in [-0.05, 0) is 24.6 Å². The quantitative estimate of drug-likeness (QED) is 0.889. The highest BCUT2D eigenvalue weighted by Crippen LogP contribution is 2.21. The number of methoxy groups -OCH3 is 1. The normalized spacial score (nSPS) is 12.2. The largest absolute Gasteiger partial charge is 0.481 e. The van der Waals surface area contributed by atoms with Crippen LogP contribution < -0.4 is 10.1 Å². The van der Waals surface area contributed by atoms with Gasteiger partial charge in [-0.15, -0.1) is 0 Å². The monoisotopic (exact) mass is 293 g/mol. The van der Waals surface area contributed by atoms with Crippen LogP contribution in [-0.4, -0.2) is 23.6 Å². The van der Waals surface area contributed by atoms with Crippen LogP contribution in [0, 0.1) is 11.6 Å². The Bertz CT molecular complexity index is 607. The molecule has 112 valence electrons. The van der Waals surface area contributed by atoms with Crippen molar-refractivity contribution in [2.45, 2.75) is 19.4 Å². The van der Waals surface area contributed by atoms with Crippen LogP contribution >= 0.6 is 0 Å². The third kappa shape index (κ3) is 3.95. The Morgan fingerprint density at radius 3 is 2.71 bits per heavy atom. The van der Waals surface area contributed by atoms with Gasteiger partial charge in [-0.25, -0.2) is 18.7 Å². The van der Waals surface area contributed by atoms with E-state index >= 15 is 0 Å².